The topological polar surface area (TPSA) is 45.4 Å². The van der Waals surface area contributed by atoms with Crippen molar-refractivity contribution in [3.05, 3.63) is 0 Å². The zero-order valence-corrected chi connectivity index (χ0v) is 4.77. The minimum Gasteiger partial charge on any atom is -0.484 e. The van der Waals surface area contributed by atoms with E-state index in [4.69, 9.17) is 10.1 Å². The standard InChI is InChI=1S/C5H8N2O/c1-8-5-3-2-4(6)7-5/h6H,2-3H2,1H3. The van der Waals surface area contributed by atoms with Gasteiger partial charge in [0.1, 0.15) is 5.84 Å². The largest absolute Gasteiger partial charge is 0.484 e. The number of aliphatic imine (C=N–C) groups is 1. The minimum absolute atomic E-state index is 0.432. The average Bonchev–Trinajstić information content (AvgIpc) is 2.14. The Morgan fingerprint density at radius 1 is 1.62 bits per heavy atom. The quantitative estimate of drug-likeness (QED) is 0.495. The van der Waals surface area contributed by atoms with E-state index in [9.17, 15) is 0 Å². The number of amidine groups is 1. The van der Waals surface area contributed by atoms with Crippen LogP contribution in [0.5, 0.6) is 0 Å². The van der Waals surface area contributed by atoms with Gasteiger partial charge < -0.3 is 4.74 Å². The summed E-state index contributed by atoms with van der Waals surface area (Å²) in [7, 11) is 1.58. The molecular weight excluding hydrogens is 104 g/mol. The van der Waals surface area contributed by atoms with Crippen molar-refractivity contribution in [2.24, 2.45) is 4.99 Å². The monoisotopic (exact) mass is 112 g/mol. The Bertz CT molecular complexity index is 139. The molecule has 0 unspecified atom stereocenters. The molecule has 1 aliphatic heterocycles. The summed E-state index contributed by atoms with van der Waals surface area (Å²) in [5.41, 5.74) is 0. The van der Waals surface area contributed by atoms with E-state index in [2.05, 4.69) is 4.99 Å². The summed E-state index contributed by atoms with van der Waals surface area (Å²) in [6.07, 6.45) is 1.54. The highest BCUT2D eigenvalue weighted by atomic mass is 16.5. The zero-order valence-electron chi connectivity index (χ0n) is 4.77. The number of nitrogens with one attached hydrogen (secondary N) is 1. The molecule has 8 heavy (non-hydrogen) atoms. The van der Waals surface area contributed by atoms with Crippen LogP contribution < -0.4 is 0 Å². The maximum absolute atomic E-state index is 7.01. The molecule has 0 amide bonds. The molecule has 3 nitrogen and oxygen atoms in total. The van der Waals surface area contributed by atoms with Gasteiger partial charge >= 0.3 is 0 Å². The first-order valence-electron chi connectivity index (χ1n) is 2.52. The van der Waals surface area contributed by atoms with Gasteiger partial charge in [0, 0.05) is 12.8 Å². The predicted molar refractivity (Wildman–Crippen MR) is 31.4 cm³/mol. The van der Waals surface area contributed by atoms with Gasteiger partial charge in [-0.25, -0.2) is 4.99 Å². The van der Waals surface area contributed by atoms with Crippen LogP contribution in [0.2, 0.25) is 0 Å². The fraction of sp³-hybridized carbons (Fsp3) is 0.600. The van der Waals surface area contributed by atoms with E-state index in [1.807, 2.05) is 0 Å². The van der Waals surface area contributed by atoms with E-state index >= 15 is 0 Å². The van der Waals surface area contributed by atoms with Crippen LogP contribution in [0.1, 0.15) is 12.8 Å². The van der Waals surface area contributed by atoms with Gasteiger partial charge in [0.25, 0.3) is 0 Å². The first-order chi connectivity index (χ1) is 3.83. The normalized spacial score (nSPS) is 18.6. The summed E-state index contributed by atoms with van der Waals surface area (Å²) in [5.74, 6) is 1.12. The summed E-state index contributed by atoms with van der Waals surface area (Å²) >= 11 is 0. The van der Waals surface area contributed by atoms with Gasteiger partial charge in [-0.1, -0.05) is 0 Å². The van der Waals surface area contributed by atoms with Gasteiger partial charge in [0.05, 0.1) is 7.11 Å². The molecule has 0 aliphatic carbocycles. The summed E-state index contributed by atoms with van der Waals surface area (Å²) in [6, 6.07) is 0. The van der Waals surface area contributed by atoms with E-state index in [1.54, 1.807) is 7.11 Å². The SMILES string of the molecule is COC1=NC(=N)CC1. The van der Waals surface area contributed by atoms with Crippen LogP contribution in [-0.4, -0.2) is 18.8 Å². The molecule has 0 aromatic carbocycles. The van der Waals surface area contributed by atoms with Crippen LogP contribution in [-0.2, 0) is 4.74 Å². The number of ether oxygens (including phenoxy) is 1. The Morgan fingerprint density at radius 3 is 2.62 bits per heavy atom. The van der Waals surface area contributed by atoms with Gasteiger partial charge in [-0.3, -0.25) is 5.41 Å². The molecular formula is C5H8N2O. The van der Waals surface area contributed by atoms with Crippen molar-refractivity contribution < 1.29 is 4.74 Å². The molecule has 3 heteroatoms. The lowest BCUT2D eigenvalue weighted by atomic mass is 10.3. The van der Waals surface area contributed by atoms with Crippen LogP contribution >= 0.6 is 0 Å². The molecule has 1 aliphatic rings. The molecule has 0 aromatic heterocycles. The highest BCUT2D eigenvalue weighted by Gasteiger charge is 2.09. The smallest absolute Gasteiger partial charge is 0.189 e. The third-order valence-corrected chi connectivity index (χ3v) is 1.07. The van der Waals surface area contributed by atoms with Crippen molar-refractivity contribution in [3.63, 3.8) is 0 Å². The Labute approximate surface area is 47.9 Å². The molecule has 1 rings (SSSR count). The van der Waals surface area contributed by atoms with Crippen LogP contribution in [0.25, 0.3) is 0 Å². The Kier molecular flexibility index (Phi) is 1.28. The molecule has 44 valence electrons. The number of methoxy groups -OCH3 is 1. The Balaban J connectivity index is 2.57. The lowest BCUT2D eigenvalue weighted by molar-refractivity contribution is 0.395. The fourth-order valence-corrected chi connectivity index (χ4v) is 0.635. The van der Waals surface area contributed by atoms with Crippen molar-refractivity contribution in [2.75, 3.05) is 7.11 Å². The second-order valence-corrected chi connectivity index (χ2v) is 1.66. The summed E-state index contributed by atoms with van der Waals surface area (Å²) in [4.78, 5) is 3.78. The van der Waals surface area contributed by atoms with E-state index in [0.717, 1.165) is 12.8 Å². The molecule has 0 atom stereocenters. The third kappa shape index (κ3) is 0.857. The maximum Gasteiger partial charge on any atom is 0.189 e. The molecule has 0 spiro atoms. The van der Waals surface area contributed by atoms with E-state index in [1.165, 1.54) is 0 Å². The van der Waals surface area contributed by atoms with Crippen LogP contribution in [0.4, 0.5) is 0 Å². The first kappa shape index (κ1) is 5.28. The first-order valence-corrected chi connectivity index (χ1v) is 2.52. The summed E-state index contributed by atoms with van der Waals surface area (Å²) in [5, 5.41) is 7.01. The Morgan fingerprint density at radius 2 is 2.38 bits per heavy atom. The molecule has 0 bridgehead atoms. The molecule has 1 heterocycles. The third-order valence-electron chi connectivity index (χ3n) is 1.07. The van der Waals surface area contributed by atoms with E-state index in [-0.39, 0.29) is 0 Å². The van der Waals surface area contributed by atoms with Crippen LogP contribution in [0.15, 0.2) is 4.99 Å². The van der Waals surface area contributed by atoms with Crippen LogP contribution in [0, 0.1) is 5.41 Å². The highest BCUT2D eigenvalue weighted by Crippen LogP contribution is 2.05. The number of nitrogens with zero attached hydrogens (tertiary/aromatic N) is 1. The van der Waals surface area contributed by atoms with Gasteiger partial charge in [0.2, 0.25) is 0 Å². The van der Waals surface area contributed by atoms with Crippen molar-refractivity contribution in [1.29, 1.82) is 5.41 Å². The molecule has 1 N–H and O–H groups in total. The average molecular weight is 112 g/mol. The van der Waals surface area contributed by atoms with Gasteiger partial charge in [0.15, 0.2) is 5.90 Å². The fourth-order valence-electron chi connectivity index (χ4n) is 0.635. The van der Waals surface area contributed by atoms with Crippen molar-refractivity contribution in [3.8, 4) is 0 Å². The second-order valence-electron chi connectivity index (χ2n) is 1.66. The van der Waals surface area contributed by atoms with Crippen molar-refractivity contribution in [1.82, 2.24) is 0 Å². The van der Waals surface area contributed by atoms with Crippen LogP contribution in [0.3, 0.4) is 0 Å². The predicted octanol–water partition coefficient (Wildman–Crippen LogP) is 0.802. The van der Waals surface area contributed by atoms with E-state index in [0.29, 0.717) is 11.7 Å². The van der Waals surface area contributed by atoms with Gasteiger partial charge in [-0.2, -0.15) is 0 Å². The number of rotatable bonds is 0. The molecule has 0 fully saturated rings. The highest BCUT2D eigenvalue weighted by molar-refractivity contribution is 5.99. The van der Waals surface area contributed by atoms with Crippen molar-refractivity contribution >= 4 is 11.7 Å². The van der Waals surface area contributed by atoms with Crippen molar-refractivity contribution in [2.45, 2.75) is 12.8 Å². The summed E-state index contributed by atoms with van der Waals surface area (Å²) in [6.45, 7) is 0. The molecule has 0 saturated heterocycles. The van der Waals surface area contributed by atoms with E-state index < -0.39 is 0 Å². The second kappa shape index (κ2) is 1.94. The summed E-state index contributed by atoms with van der Waals surface area (Å²) < 4.78 is 4.79. The molecule has 0 aromatic rings. The van der Waals surface area contributed by atoms with Gasteiger partial charge in [-0.05, 0) is 0 Å². The lowest BCUT2D eigenvalue weighted by Gasteiger charge is -1.90. The number of hydrogen-bond donors (Lipinski definition) is 1. The number of hydrogen-bond acceptors (Lipinski definition) is 2. The zero-order chi connectivity index (χ0) is 5.98. The minimum atomic E-state index is 0.432. The Hall–Kier alpha value is -0.860. The molecule has 0 saturated carbocycles. The molecule has 0 radical (unpaired) electrons. The lowest BCUT2D eigenvalue weighted by Crippen LogP contribution is -1.93. The van der Waals surface area contributed by atoms with Gasteiger partial charge in [-0.15, -0.1) is 0 Å². The maximum atomic E-state index is 7.01.